The molecule has 1 aliphatic rings. The lowest BCUT2D eigenvalue weighted by molar-refractivity contribution is -0.148. The zero-order valence-corrected chi connectivity index (χ0v) is 25.1. The molecule has 3 aromatic rings. The molecule has 0 amide bonds. The van der Waals surface area contributed by atoms with Crippen molar-refractivity contribution in [3.63, 3.8) is 0 Å². The smallest absolute Gasteiger partial charge is 0.420 e. The van der Waals surface area contributed by atoms with E-state index in [1.807, 2.05) is 6.92 Å². The minimum atomic E-state index is -4.50. The molecule has 1 N–H and O–H groups in total. The first kappa shape index (κ1) is 30.3. The van der Waals surface area contributed by atoms with Gasteiger partial charge in [0.1, 0.15) is 23.9 Å². The van der Waals surface area contributed by atoms with Gasteiger partial charge in [-0.15, -0.1) is 0 Å². The van der Waals surface area contributed by atoms with Gasteiger partial charge in [-0.3, -0.25) is 9.78 Å². The Morgan fingerprint density at radius 2 is 1.66 bits per heavy atom. The topological polar surface area (TPSA) is 160 Å². The summed E-state index contributed by atoms with van der Waals surface area (Å²) in [6.07, 6.45) is 1.58. The van der Waals surface area contributed by atoms with Crippen molar-refractivity contribution in [3.8, 4) is 17.2 Å². The quantitative estimate of drug-likeness (QED) is 0.326. The molecule has 1 aliphatic heterocycles. The summed E-state index contributed by atoms with van der Waals surface area (Å²) >= 11 is -2.24. The molecule has 11 nitrogen and oxygen atoms in total. The Morgan fingerprint density at radius 3 is 2.27 bits per heavy atom. The van der Waals surface area contributed by atoms with Crippen molar-refractivity contribution in [2.24, 2.45) is 15.4 Å². The third-order valence-corrected chi connectivity index (χ3v) is 11.0. The summed E-state index contributed by atoms with van der Waals surface area (Å²) in [6.45, 7) is 6.50. The van der Waals surface area contributed by atoms with Crippen LogP contribution in [0.1, 0.15) is 30.7 Å². The molecule has 2 atom stereocenters. The standard InChI is InChI=1S/C28H31N3O8S2/c1-17-14-29-24(18(2)25(17)38-6)15-40(34)28(30-22-12-9-20(37-5)13-23(22)31-28)41(35,36)21-10-7-19(8-11-21)39-16-27(3,4)26(32)33/h7-14H,15-16H2,1-6H3,(H,32,33). The summed E-state index contributed by atoms with van der Waals surface area (Å²) in [7, 11) is -1.51. The number of aryl methyl sites for hydroxylation is 1. The third kappa shape index (κ3) is 5.61. The molecule has 0 bridgehead atoms. The summed E-state index contributed by atoms with van der Waals surface area (Å²) in [4.78, 5) is 24.5. The summed E-state index contributed by atoms with van der Waals surface area (Å²) in [5.41, 5.74) is 0.663. The molecule has 2 aromatic carbocycles. The molecule has 41 heavy (non-hydrogen) atoms. The monoisotopic (exact) mass is 601 g/mol. The molecule has 0 aliphatic carbocycles. The fourth-order valence-corrected chi connectivity index (χ4v) is 7.93. The minimum Gasteiger partial charge on any atom is -0.612 e. The van der Waals surface area contributed by atoms with E-state index in [2.05, 4.69) is 15.0 Å². The van der Waals surface area contributed by atoms with Gasteiger partial charge in [0.15, 0.2) is 5.75 Å². The second-order valence-electron chi connectivity index (χ2n) is 10.1. The van der Waals surface area contributed by atoms with Crippen molar-refractivity contribution >= 4 is 27.0 Å². The second-order valence-corrected chi connectivity index (χ2v) is 14.0. The first-order valence-electron chi connectivity index (χ1n) is 12.5. The molecule has 4 rings (SSSR count). The van der Waals surface area contributed by atoms with E-state index in [0.29, 0.717) is 22.8 Å². The number of nitrogens with zero attached hydrogens (tertiary/aromatic N) is 3. The normalized spacial score (nSPS) is 17.1. The highest BCUT2D eigenvalue weighted by Gasteiger charge is 2.57. The number of carbonyl (C=O) groups is 1. The van der Waals surface area contributed by atoms with Gasteiger partial charge in [0.25, 0.3) is 9.84 Å². The van der Waals surface area contributed by atoms with E-state index in [4.69, 9.17) is 14.2 Å². The van der Waals surface area contributed by atoms with E-state index in [0.717, 1.165) is 5.56 Å². The molecule has 0 spiro atoms. The van der Waals surface area contributed by atoms with Crippen molar-refractivity contribution in [1.29, 1.82) is 0 Å². The van der Waals surface area contributed by atoms with E-state index in [1.165, 1.54) is 58.4 Å². The lowest BCUT2D eigenvalue weighted by Gasteiger charge is -2.26. The van der Waals surface area contributed by atoms with Crippen molar-refractivity contribution < 1.29 is 37.1 Å². The minimum absolute atomic E-state index is 0.128. The Morgan fingerprint density at radius 1 is 1.02 bits per heavy atom. The number of hydrogen-bond donors (Lipinski definition) is 1. The Hall–Kier alpha value is -3.68. The third-order valence-electron chi connectivity index (χ3n) is 6.68. The number of methoxy groups -OCH3 is 2. The van der Waals surface area contributed by atoms with Gasteiger partial charge in [0.05, 0.1) is 40.9 Å². The van der Waals surface area contributed by atoms with Crippen LogP contribution in [0.5, 0.6) is 17.2 Å². The fraction of sp³-hybridized carbons (Fsp3) is 0.357. The van der Waals surface area contributed by atoms with Crippen molar-refractivity contribution in [3.05, 3.63) is 76.2 Å². The van der Waals surface area contributed by atoms with E-state index in [9.17, 15) is 22.9 Å². The number of rotatable bonds is 11. The highest BCUT2D eigenvalue weighted by Crippen LogP contribution is 2.38. The highest BCUT2D eigenvalue weighted by molar-refractivity contribution is 8.10. The van der Waals surface area contributed by atoms with Crippen LogP contribution in [-0.4, -0.2) is 54.2 Å². The largest absolute Gasteiger partial charge is 0.612 e. The van der Waals surface area contributed by atoms with Crippen molar-refractivity contribution in [2.45, 2.75) is 42.7 Å². The number of aliphatic carboxylic acids is 1. The molecule has 0 fully saturated rings. The van der Waals surface area contributed by atoms with Gasteiger partial charge in [0.2, 0.25) is 0 Å². The zero-order chi connectivity index (χ0) is 30.2. The van der Waals surface area contributed by atoms with Crippen LogP contribution in [-0.2, 0) is 31.6 Å². The zero-order valence-electron chi connectivity index (χ0n) is 23.5. The highest BCUT2D eigenvalue weighted by atomic mass is 32.3. The molecule has 0 saturated heterocycles. The van der Waals surface area contributed by atoms with Gasteiger partial charge in [0, 0.05) is 34.6 Å². The van der Waals surface area contributed by atoms with Gasteiger partial charge in [-0.2, -0.15) is 9.98 Å². The van der Waals surface area contributed by atoms with Crippen LogP contribution >= 0.6 is 0 Å². The van der Waals surface area contributed by atoms with E-state index >= 15 is 0 Å². The van der Waals surface area contributed by atoms with Crippen molar-refractivity contribution in [1.82, 2.24) is 4.98 Å². The van der Waals surface area contributed by atoms with Gasteiger partial charge >= 0.3 is 10.3 Å². The van der Waals surface area contributed by atoms with Crippen LogP contribution in [0.2, 0.25) is 0 Å². The number of ether oxygens (including phenoxy) is 3. The lowest BCUT2D eigenvalue weighted by Crippen LogP contribution is -2.43. The number of carboxylic acids is 1. The first-order chi connectivity index (χ1) is 19.3. The Kier molecular flexibility index (Phi) is 8.35. The molecule has 2 unspecified atom stereocenters. The maximum absolute atomic E-state index is 14.2. The average Bonchev–Trinajstić information content (AvgIpc) is 3.35. The molecule has 0 saturated carbocycles. The number of aromatic nitrogens is 1. The van der Waals surface area contributed by atoms with Crippen LogP contribution < -0.4 is 24.9 Å². The molecule has 0 radical (unpaired) electrons. The number of hydrogen-bond acceptors (Lipinski definition) is 10. The predicted octanol–water partition coefficient (Wildman–Crippen LogP) is 2.49. The first-order valence-corrected chi connectivity index (χ1v) is 15.3. The number of carboxylic acid groups (broad SMARTS) is 1. The van der Waals surface area contributed by atoms with Gasteiger partial charge in [-0.25, -0.2) is 8.42 Å². The molecular weight excluding hydrogens is 570 g/mol. The van der Waals surface area contributed by atoms with Crippen molar-refractivity contribution in [2.75, 3.05) is 20.8 Å². The summed E-state index contributed by atoms with van der Waals surface area (Å²) in [5, 5.41) is 9.80. The summed E-state index contributed by atoms with van der Waals surface area (Å²) in [5.74, 6) is -0.0103. The molecule has 2 heterocycles. The Labute approximate surface area is 241 Å². The van der Waals surface area contributed by atoms with Crippen LogP contribution in [0, 0.1) is 19.3 Å². The predicted molar refractivity (Wildman–Crippen MR) is 151 cm³/mol. The average molecular weight is 602 g/mol. The summed E-state index contributed by atoms with van der Waals surface area (Å²) in [6, 6.07) is 10.1. The summed E-state index contributed by atoms with van der Waals surface area (Å²) < 4.78 is 56.4. The van der Waals surface area contributed by atoms with Crippen LogP contribution in [0.15, 0.2) is 63.5 Å². The number of sulfone groups is 1. The molecule has 218 valence electrons. The number of pyridine rings is 1. The van der Waals surface area contributed by atoms with Gasteiger partial charge in [-0.05, 0) is 64.1 Å². The van der Waals surface area contributed by atoms with E-state index in [-0.39, 0.29) is 33.7 Å². The molecule has 13 heteroatoms. The number of benzene rings is 2. The molecular formula is C28H31N3O8S2. The maximum atomic E-state index is 14.2. The van der Waals surface area contributed by atoms with Crippen LogP contribution in [0.25, 0.3) is 0 Å². The fourth-order valence-electron chi connectivity index (χ4n) is 4.12. The number of fused-ring (bicyclic) bond motifs is 1. The van der Waals surface area contributed by atoms with E-state index in [1.54, 1.807) is 25.3 Å². The molecule has 1 aromatic heterocycles. The van der Waals surface area contributed by atoms with Gasteiger partial charge < -0.3 is 23.9 Å². The Balaban J connectivity index is 1.77. The lowest BCUT2D eigenvalue weighted by atomic mass is 9.95. The van der Waals surface area contributed by atoms with Crippen LogP contribution in [0.3, 0.4) is 0 Å². The second kappa shape index (κ2) is 11.3. The van der Waals surface area contributed by atoms with Gasteiger partial charge in [-0.1, -0.05) is 0 Å². The van der Waals surface area contributed by atoms with E-state index < -0.39 is 36.7 Å². The Bertz CT molecular complexity index is 1710. The van der Waals surface area contributed by atoms with Crippen LogP contribution in [0.4, 0.5) is 0 Å². The SMILES string of the molecule is COc1ccc2c(c1)=NC([S+]([O-])Cc1ncc(C)c(OC)c1C)(S(=O)(=O)c1ccc(OCC(C)(C)C(=O)O)cc1)N=2. The maximum Gasteiger partial charge on any atom is 0.420 e.